The maximum Gasteiger partial charge on any atom is 0.314 e. The zero-order chi connectivity index (χ0) is 17.4. The van der Waals surface area contributed by atoms with Crippen LogP contribution in [0.2, 0.25) is 0 Å². The number of esters is 1. The van der Waals surface area contributed by atoms with E-state index in [1.165, 1.54) is 50.7 Å². The first-order valence-corrected chi connectivity index (χ1v) is 9.75. The molecular weight excluding hydrogens is 323 g/mol. The molecule has 1 aliphatic rings. The average Bonchev–Trinajstić information content (AvgIpc) is 2.58. The van der Waals surface area contributed by atoms with Crippen LogP contribution in [0.5, 0.6) is 5.75 Å². The SMILES string of the molecule is CCCCCCCC1CCC(C(=O)Oc2ccc(S)c(F)c2)CC1. The largest absolute Gasteiger partial charge is 0.426 e. The molecule has 0 atom stereocenters. The van der Waals surface area contributed by atoms with Crippen molar-refractivity contribution in [3.63, 3.8) is 0 Å². The van der Waals surface area contributed by atoms with Crippen molar-refractivity contribution >= 4 is 18.6 Å². The van der Waals surface area contributed by atoms with E-state index in [-0.39, 0.29) is 22.5 Å². The Bertz CT molecular complexity index is 524. The van der Waals surface area contributed by atoms with Gasteiger partial charge in [0.2, 0.25) is 0 Å². The topological polar surface area (TPSA) is 26.3 Å². The van der Waals surface area contributed by atoms with Crippen molar-refractivity contribution in [1.82, 2.24) is 0 Å². The van der Waals surface area contributed by atoms with Crippen molar-refractivity contribution in [2.24, 2.45) is 11.8 Å². The fourth-order valence-corrected chi connectivity index (χ4v) is 3.61. The lowest BCUT2D eigenvalue weighted by molar-refractivity contribution is -0.140. The van der Waals surface area contributed by atoms with E-state index in [1.807, 2.05) is 0 Å². The number of hydrogen-bond acceptors (Lipinski definition) is 3. The molecule has 2 nitrogen and oxygen atoms in total. The molecule has 0 spiro atoms. The van der Waals surface area contributed by atoms with Crippen molar-refractivity contribution in [1.29, 1.82) is 0 Å². The number of rotatable bonds is 8. The van der Waals surface area contributed by atoms with Crippen LogP contribution in [0.1, 0.15) is 71.1 Å². The second-order valence-corrected chi connectivity index (χ2v) is 7.44. The molecule has 0 saturated heterocycles. The van der Waals surface area contributed by atoms with Gasteiger partial charge in [0.1, 0.15) is 11.6 Å². The maximum atomic E-state index is 13.5. The predicted molar refractivity (Wildman–Crippen MR) is 98.1 cm³/mol. The molecule has 0 radical (unpaired) electrons. The molecular formula is C20H29FO2S. The highest BCUT2D eigenvalue weighted by atomic mass is 32.1. The standard InChI is InChI=1S/C20H29FO2S/c1-2-3-4-5-6-7-15-8-10-16(11-9-15)20(22)23-17-12-13-19(24)18(21)14-17/h12-16,24H,2-11H2,1H3. The van der Waals surface area contributed by atoms with Crippen LogP contribution in [0, 0.1) is 17.7 Å². The number of halogens is 1. The van der Waals surface area contributed by atoms with Gasteiger partial charge < -0.3 is 4.74 Å². The molecule has 1 fully saturated rings. The highest BCUT2D eigenvalue weighted by Crippen LogP contribution is 2.33. The Hall–Kier alpha value is -1.03. The lowest BCUT2D eigenvalue weighted by Gasteiger charge is -2.27. The number of unbranched alkanes of at least 4 members (excludes halogenated alkanes) is 4. The first-order chi connectivity index (χ1) is 11.6. The normalized spacial score (nSPS) is 20.8. The highest BCUT2D eigenvalue weighted by Gasteiger charge is 2.27. The summed E-state index contributed by atoms with van der Waals surface area (Å²) in [5.74, 6) is 0.308. The van der Waals surface area contributed by atoms with Gasteiger partial charge in [-0.05, 0) is 43.7 Å². The summed E-state index contributed by atoms with van der Waals surface area (Å²) < 4.78 is 18.8. The minimum absolute atomic E-state index is 0.0416. The summed E-state index contributed by atoms with van der Waals surface area (Å²) in [6.07, 6.45) is 11.9. The van der Waals surface area contributed by atoms with Crippen LogP contribution >= 0.6 is 12.6 Å². The van der Waals surface area contributed by atoms with E-state index in [0.717, 1.165) is 31.6 Å². The molecule has 0 N–H and O–H groups in total. The van der Waals surface area contributed by atoms with E-state index in [4.69, 9.17) is 4.74 Å². The van der Waals surface area contributed by atoms with Gasteiger partial charge in [0, 0.05) is 11.0 Å². The Morgan fingerprint density at radius 3 is 2.54 bits per heavy atom. The molecule has 2 rings (SSSR count). The minimum atomic E-state index is -0.463. The van der Waals surface area contributed by atoms with Crippen molar-refractivity contribution in [2.75, 3.05) is 0 Å². The van der Waals surface area contributed by atoms with Crippen LogP contribution in [0.25, 0.3) is 0 Å². The molecule has 0 heterocycles. The number of thiol groups is 1. The van der Waals surface area contributed by atoms with Gasteiger partial charge in [0.25, 0.3) is 0 Å². The van der Waals surface area contributed by atoms with E-state index in [0.29, 0.717) is 0 Å². The first-order valence-electron chi connectivity index (χ1n) is 9.30. The lowest BCUT2D eigenvalue weighted by atomic mass is 9.80. The second-order valence-electron chi connectivity index (χ2n) is 6.95. The van der Waals surface area contributed by atoms with Crippen LogP contribution in [-0.2, 0) is 4.79 Å². The molecule has 134 valence electrons. The van der Waals surface area contributed by atoms with Crippen molar-refractivity contribution in [3.8, 4) is 5.75 Å². The van der Waals surface area contributed by atoms with Crippen molar-refractivity contribution in [2.45, 2.75) is 76.0 Å². The van der Waals surface area contributed by atoms with Crippen LogP contribution in [0.3, 0.4) is 0 Å². The lowest BCUT2D eigenvalue weighted by Crippen LogP contribution is -2.25. The Morgan fingerprint density at radius 2 is 1.88 bits per heavy atom. The zero-order valence-electron chi connectivity index (χ0n) is 14.6. The molecule has 0 unspecified atom stereocenters. The van der Waals surface area contributed by atoms with Gasteiger partial charge in [-0.25, -0.2) is 4.39 Å². The third-order valence-corrected chi connectivity index (χ3v) is 5.40. The number of ether oxygens (including phenoxy) is 1. The molecule has 0 aromatic heterocycles. The third-order valence-electron chi connectivity index (χ3n) is 5.03. The second kappa shape index (κ2) is 10.1. The summed E-state index contributed by atoms with van der Waals surface area (Å²) in [4.78, 5) is 12.5. The Morgan fingerprint density at radius 1 is 1.17 bits per heavy atom. The Balaban J connectivity index is 1.69. The quantitative estimate of drug-likeness (QED) is 0.261. The molecule has 1 aliphatic carbocycles. The number of benzene rings is 1. The van der Waals surface area contributed by atoms with E-state index in [1.54, 1.807) is 6.07 Å². The van der Waals surface area contributed by atoms with Crippen LogP contribution in [0.4, 0.5) is 4.39 Å². The van der Waals surface area contributed by atoms with Crippen LogP contribution < -0.4 is 4.74 Å². The van der Waals surface area contributed by atoms with Gasteiger partial charge in [-0.15, -0.1) is 12.6 Å². The van der Waals surface area contributed by atoms with Crippen molar-refractivity contribution < 1.29 is 13.9 Å². The maximum absolute atomic E-state index is 13.5. The highest BCUT2D eigenvalue weighted by molar-refractivity contribution is 7.80. The molecule has 0 amide bonds. The van der Waals surface area contributed by atoms with E-state index >= 15 is 0 Å². The van der Waals surface area contributed by atoms with Crippen molar-refractivity contribution in [3.05, 3.63) is 24.0 Å². The van der Waals surface area contributed by atoms with Gasteiger partial charge in [0.05, 0.1) is 5.92 Å². The van der Waals surface area contributed by atoms with Gasteiger partial charge >= 0.3 is 5.97 Å². The van der Waals surface area contributed by atoms with E-state index < -0.39 is 5.82 Å². The third kappa shape index (κ3) is 6.12. The summed E-state index contributed by atoms with van der Waals surface area (Å²) in [6, 6.07) is 4.32. The number of hydrogen-bond donors (Lipinski definition) is 1. The Labute approximate surface area is 150 Å². The minimum Gasteiger partial charge on any atom is -0.426 e. The van der Waals surface area contributed by atoms with Gasteiger partial charge in [-0.3, -0.25) is 4.79 Å². The molecule has 24 heavy (non-hydrogen) atoms. The summed E-state index contributed by atoms with van der Waals surface area (Å²) in [5, 5.41) is 0. The summed E-state index contributed by atoms with van der Waals surface area (Å²) >= 11 is 3.98. The summed E-state index contributed by atoms with van der Waals surface area (Å²) in [7, 11) is 0. The Kier molecular flexibility index (Phi) is 8.10. The van der Waals surface area contributed by atoms with E-state index in [9.17, 15) is 9.18 Å². The van der Waals surface area contributed by atoms with Gasteiger partial charge in [-0.1, -0.05) is 45.4 Å². The molecule has 1 aromatic carbocycles. The molecule has 1 aromatic rings. The molecule has 0 bridgehead atoms. The predicted octanol–water partition coefficient (Wildman–Crippen LogP) is 6.19. The monoisotopic (exact) mass is 352 g/mol. The molecule has 1 saturated carbocycles. The number of carbonyl (C=O) groups excluding carboxylic acids is 1. The summed E-state index contributed by atoms with van der Waals surface area (Å²) in [5.41, 5.74) is 0. The molecule has 0 aliphatic heterocycles. The smallest absolute Gasteiger partial charge is 0.314 e. The van der Waals surface area contributed by atoms with E-state index in [2.05, 4.69) is 19.6 Å². The summed E-state index contributed by atoms with van der Waals surface area (Å²) in [6.45, 7) is 2.24. The fraction of sp³-hybridized carbons (Fsp3) is 0.650. The van der Waals surface area contributed by atoms with Gasteiger partial charge in [0.15, 0.2) is 0 Å². The van der Waals surface area contributed by atoms with Crippen LogP contribution in [0.15, 0.2) is 23.1 Å². The first kappa shape index (κ1) is 19.3. The van der Waals surface area contributed by atoms with Crippen LogP contribution in [-0.4, -0.2) is 5.97 Å². The average molecular weight is 353 g/mol. The number of carbonyl (C=O) groups is 1. The van der Waals surface area contributed by atoms with Gasteiger partial charge in [-0.2, -0.15) is 0 Å². The molecule has 4 heteroatoms. The fourth-order valence-electron chi connectivity index (χ4n) is 3.47. The zero-order valence-corrected chi connectivity index (χ0v) is 15.5.